The number of piperidine rings is 1. The van der Waals surface area contributed by atoms with Gasteiger partial charge < -0.3 is 10.6 Å². The third-order valence-corrected chi connectivity index (χ3v) is 3.75. The number of hydrogen-bond acceptors (Lipinski definition) is 2. The van der Waals surface area contributed by atoms with Crippen molar-refractivity contribution in [2.24, 2.45) is 0 Å². The Morgan fingerprint density at radius 2 is 1.88 bits per heavy atom. The minimum absolute atomic E-state index is 0.560. The van der Waals surface area contributed by atoms with E-state index in [1.165, 1.54) is 19.3 Å². The molecule has 2 N–H and O–H groups in total. The number of nitrogen functional groups attached to an aromatic ring is 1. The van der Waals surface area contributed by atoms with Gasteiger partial charge in [-0.1, -0.05) is 11.6 Å². The second-order valence-corrected chi connectivity index (χ2v) is 5.15. The summed E-state index contributed by atoms with van der Waals surface area (Å²) >= 11 is 6.27. The standard InChI is InChI=1S/C13H19ClN2/c1-9-4-3-5-10(2)16(9)13-7-6-11(15)8-12(13)14/h6-10H,3-5,15H2,1-2H3/t9-,10+. The summed E-state index contributed by atoms with van der Waals surface area (Å²) in [6.45, 7) is 4.53. The van der Waals surface area contributed by atoms with Crippen molar-refractivity contribution in [3.63, 3.8) is 0 Å². The molecule has 0 unspecified atom stereocenters. The number of rotatable bonds is 1. The first kappa shape index (κ1) is 11.6. The second kappa shape index (κ2) is 4.54. The molecule has 88 valence electrons. The van der Waals surface area contributed by atoms with Crippen molar-refractivity contribution in [2.45, 2.75) is 45.2 Å². The fourth-order valence-corrected chi connectivity index (χ4v) is 2.92. The Morgan fingerprint density at radius 3 is 2.44 bits per heavy atom. The molecule has 1 heterocycles. The first-order valence-electron chi connectivity index (χ1n) is 5.93. The summed E-state index contributed by atoms with van der Waals surface area (Å²) in [5, 5.41) is 0.764. The Morgan fingerprint density at radius 1 is 1.25 bits per heavy atom. The zero-order chi connectivity index (χ0) is 11.7. The van der Waals surface area contributed by atoms with Gasteiger partial charge in [-0.15, -0.1) is 0 Å². The number of nitrogens with two attached hydrogens (primary N) is 1. The zero-order valence-corrected chi connectivity index (χ0v) is 10.7. The van der Waals surface area contributed by atoms with E-state index in [9.17, 15) is 0 Å². The summed E-state index contributed by atoms with van der Waals surface area (Å²) in [5.41, 5.74) is 7.57. The molecule has 2 atom stereocenters. The van der Waals surface area contributed by atoms with Crippen molar-refractivity contribution in [3.8, 4) is 0 Å². The highest BCUT2D eigenvalue weighted by Crippen LogP contribution is 2.34. The van der Waals surface area contributed by atoms with Crippen molar-refractivity contribution in [2.75, 3.05) is 10.6 Å². The van der Waals surface area contributed by atoms with Crippen LogP contribution < -0.4 is 10.6 Å². The SMILES string of the molecule is C[C@@H]1CCC[C@H](C)N1c1ccc(N)cc1Cl. The largest absolute Gasteiger partial charge is 0.399 e. The van der Waals surface area contributed by atoms with E-state index in [-0.39, 0.29) is 0 Å². The van der Waals surface area contributed by atoms with Gasteiger partial charge in [0.15, 0.2) is 0 Å². The van der Waals surface area contributed by atoms with E-state index in [1.807, 2.05) is 18.2 Å². The topological polar surface area (TPSA) is 29.3 Å². The van der Waals surface area contributed by atoms with Gasteiger partial charge >= 0.3 is 0 Å². The van der Waals surface area contributed by atoms with Crippen LogP contribution in [0, 0.1) is 0 Å². The molecular weight excluding hydrogens is 220 g/mol. The van der Waals surface area contributed by atoms with E-state index in [0.717, 1.165) is 16.4 Å². The molecule has 0 aliphatic carbocycles. The Bertz CT molecular complexity index is 368. The average molecular weight is 239 g/mol. The molecule has 1 saturated heterocycles. The fourth-order valence-electron chi connectivity index (χ4n) is 2.63. The van der Waals surface area contributed by atoms with E-state index >= 15 is 0 Å². The molecule has 1 aliphatic rings. The van der Waals surface area contributed by atoms with E-state index < -0.39 is 0 Å². The molecule has 16 heavy (non-hydrogen) atoms. The maximum atomic E-state index is 6.27. The number of anilines is 2. The lowest BCUT2D eigenvalue weighted by Gasteiger charge is -2.41. The molecule has 0 radical (unpaired) electrons. The lowest BCUT2D eigenvalue weighted by Crippen LogP contribution is -2.43. The first-order valence-corrected chi connectivity index (χ1v) is 6.30. The highest BCUT2D eigenvalue weighted by atomic mass is 35.5. The average Bonchev–Trinajstić information content (AvgIpc) is 2.20. The Labute approximate surface area is 102 Å². The molecule has 2 nitrogen and oxygen atoms in total. The van der Waals surface area contributed by atoms with Gasteiger partial charge in [0.25, 0.3) is 0 Å². The van der Waals surface area contributed by atoms with Crippen LogP contribution in [0.5, 0.6) is 0 Å². The second-order valence-electron chi connectivity index (χ2n) is 4.75. The maximum Gasteiger partial charge on any atom is 0.0660 e. The van der Waals surface area contributed by atoms with Crippen molar-refractivity contribution < 1.29 is 0 Å². The highest BCUT2D eigenvalue weighted by molar-refractivity contribution is 6.33. The predicted octanol–water partition coefficient (Wildman–Crippen LogP) is 3.69. The van der Waals surface area contributed by atoms with Crippen molar-refractivity contribution in [1.29, 1.82) is 0 Å². The van der Waals surface area contributed by atoms with Crippen LogP contribution in [-0.4, -0.2) is 12.1 Å². The molecule has 0 aromatic heterocycles. The van der Waals surface area contributed by atoms with Crippen LogP contribution >= 0.6 is 11.6 Å². The molecule has 1 aliphatic heterocycles. The maximum absolute atomic E-state index is 6.27. The predicted molar refractivity (Wildman–Crippen MR) is 71.1 cm³/mol. The smallest absolute Gasteiger partial charge is 0.0660 e. The lowest BCUT2D eigenvalue weighted by molar-refractivity contribution is 0.414. The molecule has 0 bridgehead atoms. The van der Waals surface area contributed by atoms with Gasteiger partial charge in [-0.25, -0.2) is 0 Å². The van der Waals surface area contributed by atoms with Crippen molar-refractivity contribution >= 4 is 23.0 Å². The minimum atomic E-state index is 0.560. The fraction of sp³-hybridized carbons (Fsp3) is 0.538. The van der Waals surface area contributed by atoms with Gasteiger partial charge in [-0.05, 0) is 51.3 Å². The summed E-state index contributed by atoms with van der Waals surface area (Å²) in [6.07, 6.45) is 3.79. The first-order chi connectivity index (χ1) is 7.59. The van der Waals surface area contributed by atoms with Crippen molar-refractivity contribution in [1.82, 2.24) is 0 Å². The third-order valence-electron chi connectivity index (χ3n) is 3.44. The molecule has 1 aromatic rings. The van der Waals surface area contributed by atoms with Crippen LogP contribution in [0.4, 0.5) is 11.4 Å². The molecule has 0 saturated carbocycles. The van der Waals surface area contributed by atoms with E-state index in [2.05, 4.69) is 18.7 Å². The summed E-state index contributed by atoms with van der Waals surface area (Å²) in [7, 11) is 0. The monoisotopic (exact) mass is 238 g/mol. The molecule has 3 heteroatoms. The minimum Gasteiger partial charge on any atom is -0.399 e. The van der Waals surface area contributed by atoms with Gasteiger partial charge in [0.2, 0.25) is 0 Å². The normalized spacial score (nSPS) is 25.8. The highest BCUT2D eigenvalue weighted by Gasteiger charge is 2.26. The van der Waals surface area contributed by atoms with Gasteiger partial charge in [0, 0.05) is 17.8 Å². The molecular formula is C13H19ClN2. The van der Waals surface area contributed by atoms with Crippen LogP contribution in [-0.2, 0) is 0 Å². The van der Waals surface area contributed by atoms with E-state index in [4.69, 9.17) is 17.3 Å². The molecule has 0 amide bonds. The van der Waals surface area contributed by atoms with Crippen molar-refractivity contribution in [3.05, 3.63) is 23.2 Å². The molecule has 1 aromatic carbocycles. The number of halogens is 1. The zero-order valence-electron chi connectivity index (χ0n) is 9.91. The van der Waals surface area contributed by atoms with Gasteiger partial charge in [-0.2, -0.15) is 0 Å². The quantitative estimate of drug-likeness (QED) is 0.757. The van der Waals surface area contributed by atoms with Crippen LogP contribution in [0.25, 0.3) is 0 Å². The molecule has 2 rings (SSSR count). The molecule has 0 spiro atoms. The summed E-state index contributed by atoms with van der Waals surface area (Å²) in [4.78, 5) is 2.42. The van der Waals surface area contributed by atoms with Gasteiger partial charge in [0.05, 0.1) is 10.7 Å². The Kier molecular flexibility index (Phi) is 3.29. The number of hydrogen-bond donors (Lipinski definition) is 1. The van der Waals surface area contributed by atoms with Gasteiger partial charge in [0.1, 0.15) is 0 Å². The third kappa shape index (κ3) is 2.12. The lowest BCUT2D eigenvalue weighted by atomic mass is 9.96. The van der Waals surface area contributed by atoms with Crippen LogP contribution in [0.15, 0.2) is 18.2 Å². The van der Waals surface area contributed by atoms with E-state index in [1.54, 1.807) is 0 Å². The Hall–Kier alpha value is -0.890. The van der Waals surface area contributed by atoms with Crippen LogP contribution in [0.2, 0.25) is 5.02 Å². The summed E-state index contributed by atoms with van der Waals surface area (Å²) in [5.74, 6) is 0. The summed E-state index contributed by atoms with van der Waals surface area (Å²) < 4.78 is 0. The van der Waals surface area contributed by atoms with E-state index in [0.29, 0.717) is 12.1 Å². The summed E-state index contributed by atoms with van der Waals surface area (Å²) in [6, 6.07) is 6.92. The Balaban J connectivity index is 2.34. The molecule has 1 fully saturated rings. The number of nitrogens with zero attached hydrogens (tertiary/aromatic N) is 1. The number of benzene rings is 1. The van der Waals surface area contributed by atoms with Crippen LogP contribution in [0.3, 0.4) is 0 Å². The van der Waals surface area contributed by atoms with Crippen LogP contribution in [0.1, 0.15) is 33.1 Å². The van der Waals surface area contributed by atoms with Gasteiger partial charge in [-0.3, -0.25) is 0 Å².